The van der Waals surface area contributed by atoms with Crippen molar-refractivity contribution < 1.29 is 4.79 Å². The molecule has 0 bridgehead atoms. The average Bonchev–Trinajstić information content (AvgIpc) is 3.38. The number of aromatic amines is 1. The predicted octanol–water partition coefficient (Wildman–Crippen LogP) is 6.81. The molecular formula is C29H33Cl4N5O. The molecule has 39 heavy (non-hydrogen) atoms. The summed E-state index contributed by atoms with van der Waals surface area (Å²) in [5, 5.41) is 5.88. The molecule has 1 atom stereocenters. The minimum atomic E-state index is -0.259. The molecule has 6 nitrogen and oxygen atoms in total. The van der Waals surface area contributed by atoms with Crippen molar-refractivity contribution in [3.05, 3.63) is 82.6 Å². The number of hydrogen-bond donors (Lipinski definition) is 2. The number of benzene rings is 2. The van der Waals surface area contributed by atoms with Crippen LogP contribution in [-0.2, 0) is 4.79 Å². The zero-order valence-corrected chi connectivity index (χ0v) is 25.0. The van der Waals surface area contributed by atoms with Crippen molar-refractivity contribution in [3.63, 3.8) is 0 Å². The van der Waals surface area contributed by atoms with Gasteiger partial charge in [-0.25, -0.2) is 4.98 Å². The summed E-state index contributed by atoms with van der Waals surface area (Å²) in [6, 6.07) is 17.9. The molecule has 208 valence electrons. The van der Waals surface area contributed by atoms with E-state index in [1.807, 2.05) is 59.8 Å². The second kappa shape index (κ2) is 13.7. The number of piperazine rings is 1. The van der Waals surface area contributed by atoms with Crippen LogP contribution in [0.15, 0.2) is 67.0 Å². The number of nitrogens with one attached hydrogen (secondary N) is 2. The van der Waals surface area contributed by atoms with E-state index in [0.29, 0.717) is 35.7 Å². The number of halogens is 4. The number of anilines is 1. The van der Waals surface area contributed by atoms with E-state index in [1.165, 1.54) is 0 Å². The minimum Gasteiger partial charge on any atom is -0.367 e. The first-order valence-corrected chi connectivity index (χ1v) is 13.4. The average molecular weight is 609 g/mol. The van der Waals surface area contributed by atoms with E-state index in [1.54, 1.807) is 0 Å². The fourth-order valence-electron chi connectivity index (χ4n) is 4.97. The van der Waals surface area contributed by atoms with Gasteiger partial charge in [0.05, 0.1) is 11.6 Å². The van der Waals surface area contributed by atoms with Gasteiger partial charge in [-0.05, 0) is 41.5 Å². The zero-order chi connectivity index (χ0) is 25.9. The lowest BCUT2D eigenvalue weighted by molar-refractivity contribution is -0.133. The van der Waals surface area contributed by atoms with Crippen LogP contribution < -0.4 is 10.2 Å². The molecule has 1 saturated heterocycles. The third-order valence-corrected chi connectivity index (χ3v) is 7.39. The van der Waals surface area contributed by atoms with Crippen LogP contribution >= 0.6 is 48.0 Å². The summed E-state index contributed by atoms with van der Waals surface area (Å²) in [7, 11) is 0. The molecule has 0 radical (unpaired) electrons. The summed E-state index contributed by atoms with van der Waals surface area (Å²) in [6.45, 7) is 7.53. The molecule has 3 heterocycles. The van der Waals surface area contributed by atoms with Gasteiger partial charge in [0, 0.05) is 72.2 Å². The van der Waals surface area contributed by atoms with Crippen molar-refractivity contribution in [2.24, 2.45) is 0 Å². The topological polar surface area (TPSA) is 64.3 Å². The molecule has 1 amide bonds. The highest BCUT2D eigenvalue weighted by molar-refractivity contribution is 6.31. The Hall–Kier alpha value is -2.48. The molecule has 4 aromatic rings. The van der Waals surface area contributed by atoms with Crippen LogP contribution in [0.4, 0.5) is 5.69 Å². The SMILES string of the molecule is CC(C)NC[C@@H](C(=O)N1CCN(c2c(-c3cccc(Cl)c3)cnc3[nH]ccc23)CC1)c1ccc(Cl)cc1.Cl.Cl. The molecular weight excluding hydrogens is 576 g/mol. The Morgan fingerprint density at radius 2 is 1.72 bits per heavy atom. The van der Waals surface area contributed by atoms with Crippen LogP contribution in [0.1, 0.15) is 25.3 Å². The molecule has 2 aromatic heterocycles. The Bertz CT molecular complexity index is 1380. The van der Waals surface area contributed by atoms with Crippen LogP contribution in [0.3, 0.4) is 0 Å². The van der Waals surface area contributed by atoms with E-state index < -0.39 is 0 Å². The summed E-state index contributed by atoms with van der Waals surface area (Å²) in [6.07, 6.45) is 3.83. The Balaban J connectivity index is 0.00000210. The van der Waals surface area contributed by atoms with Crippen LogP contribution in [0, 0.1) is 0 Å². The Kier molecular flexibility index (Phi) is 10.9. The maximum atomic E-state index is 13.7. The molecule has 1 fully saturated rings. The van der Waals surface area contributed by atoms with Crippen molar-refractivity contribution in [1.29, 1.82) is 0 Å². The third kappa shape index (κ3) is 7.00. The molecule has 0 saturated carbocycles. The van der Waals surface area contributed by atoms with Gasteiger partial charge >= 0.3 is 0 Å². The van der Waals surface area contributed by atoms with E-state index in [9.17, 15) is 4.79 Å². The lowest BCUT2D eigenvalue weighted by Crippen LogP contribution is -2.51. The number of amides is 1. The summed E-state index contributed by atoms with van der Waals surface area (Å²) in [5.41, 5.74) is 5.02. The largest absolute Gasteiger partial charge is 0.367 e. The van der Waals surface area contributed by atoms with Crippen molar-refractivity contribution in [3.8, 4) is 11.1 Å². The van der Waals surface area contributed by atoms with Gasteiger partial charge < -0.3 is 20.1 Å². The fourth-order valence-corrected chi connectivity index (χ4v) is 5.29. The molecule has 2 N–H and O–H groups in total. The van der Waals surface area contributed by atoms with Gasteiger partial charge in [0.1, 0.15) is 5.65 Å². The molecule has 5 rings (SSSR count). The molecule has 1 aliphatic heterocycles. The summed E-state index contributed by atoms with van der Waals surface area (Å²) in [5.74, 6) is -0.114. The molecule has 0 spiro atoms. The van der Waals surface area contributed by atoms with E-state index in [0.717, 1.165) is 46.5 Å². The highest BCUT2D eigenvalue weighted by atomic mass is 35.5. The van der Waals surface area contributed by atoms with E-state index in [4.69, 9.17) is 23.2 Å². The van der Waals surface area contributed by atoms with Crippen LogP contribution in [0.5, 0.6) is 0 Å². The minimum absolute atomic E-state index is 0. The smallest absolute Gasteiger partial charge is 0.231 e. The van der Waals surface area contributed by atoms with Gasteiger partial charge in [0.25, 0.3) is 0 Å². The summed E-state index contributed by atoms with van der Waals surface area (Å²) in [4.78, 5) is 26.0. The third-order valence-electron chi connectivity index (χ3n) is 6.90. The number of hydrogen-bond acceptors (Lipinski definition) is 4. The van der Waals surface area contributed by atoms with Gasteiger partial charge in [0.2, 0.25) is 5.91 Å². The number of carbonyl (C=O) groups excluding carboxylic acids is 1. The van der Waals surface area contributed by atoms with Crippen molar-refractivity contribution in [2.75, 3.05) is 37.6 Å². The van der Waals surface area contributed by atoms with Crippen LogP contribution in [0.2, 0.25) is 10.0 Å². The van der Waals surface area contributed by atoms with Crippen molar-refractivity contribution in [1.82, 2.24) is 20.2 Å². The maximum absolute atomic E-state index is 13.7. The molecule has 0 aliphatic carbocycles. The Labute approximate surface area is 251 Å². The highest BCUT2D eigenvalue weighted by Crippen LogP contribution is 2.37. The normalized spacial score (nSPS) is 14.2. The van der Waals surface area contributed by atoms with Crippen molar-refractivity contribution in [2.45, 2.75) is 25.8 Å². The monoisotopic (exact) mass is 607 g/mol. The lowest BCUT2D eigenvalue weighted by Gasteiger charge is -2.38. The number of aromatic nitrogens is 2. The quantitative estimate of drug-likeness (QED) is 0.242. The van der Waals surface area contributed by atoms with Gasteiger partial charge in [-0.2, -0.15) is 0 Å². The first-order valence-electron chi connectivity index (χ1n) is 12.7. The number of nitrogens with zero attached hydrogens (tertiary/aromatic N) is 3. The van der Waals surface area contributed by atoms with Gasteiger partial charge in [-0.3, -0.25) is 4.79 Å². The number of pyridine rings is 1. The first kappa shape index (κ1) is 31.1. The predicted molar refractivity (Wildman–Crippen MR) is 167 cm³/mol. The van der Waals surface area contributed by atoms with E-state index >= 15 is 0 Å². The van der Waals surface area contributed by atoms with E-state index in [2.05, 4.69) is 46.2 Å². The second-order valence-electron chi connectivity index (χ2n) is 9.75. The lowest BCUT2D eigenvalue weighted by atomic mass is 9.96. The fraction of sp³-hybridized carbons (Fsp3) is 0.310. The number of fused-ring (bicyclic) bond motifs is 1. The maximum Gasteiger partial charge on any atom is 0.231 e. The van der Waals surface area contributed by atoms with Crippen molar-refractivity contribution >= 4 is 70.6 Å². The second-order valence-corrected chi connectivity index (χ2v) is 10.6. The van der Waals surface area contributed by atoms with Gasteiger partial charge in [0.15, 0.2) is 0 Å². The Morgan fingerprint density at radius 3 is 2.38 bits per heavy atom. The molecule has 1 aliphatic rings. The zero-order valence-electron chi connectivity index (χ0n) is 21.9. The van der Waals surface area contributed by atoms with Gasteiger partial charge in [-0.15, -0.1) is 24.8 Å². The van der Waals surface area contributed by atoms with Crippen LogP contribution in [0.25, 0.3) is 22.2 Å². The number of H-pyrrole nitrogens is 1. The van der Waals surface area contributed by atoms with Gasteiger partial charge in [-0.1, -0.05) is 61.3 Å². The standard InChI is InChI=1S/C29H31Cl2N5O.2ClH/c1-19(2)33-18-26(20-6-8-22(30)9-7-20)29(37)36-14-12-35(13-15-36)27-24-10-11-32-28(24)34-17-25(27)21-4-3-5-23(31)16-21;;/h3-11,16-17,19,26,33H,12-15,18H2,1-2H3,(H,32,34);2*1H/t26-;;/m1../s1. The first-order chi connectivity index (χ1) is 17.9. The van der Waals surface area contributed by atoms with E-state index in [-0.39, 0.29) is 36.6 Å². The number of carbonyl (C=O) groups is 1. The molecule has 0 unspecified atom stereocenters. The number of rotatable bonds is 7. The Morgan fingerprint density at radius 1 is 1.00 bits per heavy atom. The molecule has 10 heteroatoms. The summed E-state index contributed by atoms with van der Waals surface area (Å²) >= 11 is 12.4. The highest BCUT2D eigenvalue weighted by Gasteiger charge is 2.30. The van der Waals surface area contributed by atoms with Crippen LogP contribution in [-0.4, -0.2) is 59.5 Å². The molecule has 2 aromatic carbocycles. The summed E-state index contributed by atoms with van der Waals surface area (Å²) < 4.78 is 0.